The van der Waals surface area contributed by atoms with Gasteiger partial charge in [-0.05, 0) is 46.6 Å². The highest BCUT2D eigenvalue weighted by molar-refractivity contribution is 9.10. The van der Waals surface area contributed by atoms with Gasteiger partial charge in [0.05, 0.1) is 10.6 Å². The van der Waals surface area contributed by atoms with Crippen LogP contribution in [0.3, 0.4) is 0 Å². The van der Waals surface area contributed by atoms with Crippen molar-refractivity contribution >= 4 is 39.2 Å². The maximum absolute atomic E-state index is 11.8. The van der Waals surface area contributed by atoms with Gasteiger partial charge in [-0.1, -0.05) is 18.2 Å². The van der Waals surface area contributed by atoms with E-state index < -0.39 is 30.0 Å². The van der Waals surface area contributed by atoms with Gasteiger partial charge in [-0.15, -0.1) is 0 Å². The molecule has 8 nitrogen and oxygen atoms in total. The minimum absolute atomic E-state index is 0.0533. The van der Waals surface area contributed by atoms with Crippen molar-refractivity contribution < 1.29 is 24.0 Å². The number of carbonyl (C=O) groups excluding carboxylic acids is 2. The fraction of sp³-hybridized carbons (Fsp3) is 0.176. The van der Waals surface area contributed by atoms with Gasteiger partial charge in [0.1, 0.15) is 0 Å². The topological polar surface area (TPSA) is 108 Å². The molecule has 0 atom stereocenters. The van der Waals surface area contributed by atoms with Crippen LogP contribution < -0.4 is 10.1 Å². The zero-order chi connectivity index (χ0) is 19.1. The monoisotopic (exact) mass is 422 g/mol. The lowest BCUT2D eigenvalue weighted by atomic mass is 10.2. The summed E-state index contributed by atoms with van der Waals surface area (Å²) in [6.45, 7) is 0.862. The van der Waals surface area contributed by atoms with Crippen molar-refractivity contribution in [2.75, 3.05) is 18.5 Å². The first kappa shape index (κ1) is 19.4. The predicted octanol–water partition coefficient (Wildman–Crippen LogP) is 3.23. The van der Waals surface area contributed by atoms with Gasteiger partial charge in [-0.2, -0.15) is 0 Å². The Bertz CT molecular complexity index is 840. The number of para-hydroxylation sites is 2. The van der Waals surface area contributed by atoms with Crippen LogP contribution in [0.1, 0.15) is 5.56 Å². The van der Waals surface area contributed by atoms with Gasteiger partial charge in [0.25, 0.3) is 5.91 Å². The summed E-state index contributed by atoms with van der Waals surface area (Å²) >= 11 is 3.33. The van der Waals surface area contributed by atoms with Crippen LogP contribution in [0, 0.1) is 17.0 Å². The number of nitrogens with zero attached hydrogens (tertiary/aromatic N) is 1. The number of anilines is 1. The number of hydrogen-bond acceptors (Lipinski definition) is 6. The van der Waals surface area contributed by atoms with E-state index in [9.17, 15) is 19.7 Å². The third kappa shape index (κ3) is 5.55. The fourth-order valence-corrected chi connectivity index (χ4v) is 2.55. The summed E-state index contributed by atoms with van der Waals surface area (Å²) in [7, 11) is 0. The molecule has 0 saturated heterocycles. The van der Waals surface area contributed by atoms with Crippen LogP contribution in [0.15, 0.2) is 46.9 Å². The number of ether oxygens (including phenoxy) is 2. The van der Waals surface area contributed by atoms with Gasteiger partial charge >= 0.3 is 11.7 Å². The van der Waals surface area contributed by atoms with Gasteiger partial charge in [-0.25, -0.2) is 4.79 Å². The van der Waals surface area contributed by atoms with E-state index in [-0.39, 0.29) is 11.4 Å². The normalized spacial score (nSPS) is 10.1. The minimum atomic E-state index is -0.818. The van der Waals surface area contributed by atoms with Crippen LogP contribution in [0.4, 0.5) is 11.4 Å². The maximum Gasteiger partial charge on any atom is 0.344 e. The molecule has 0 radical (unpaired) electrons. The van der Waals surface area contributed by atoms with Crippen molar-refractivity contribution in [1.29, 1.82) is 0 Å². The number of nitro groups is 1. The zero-order valence-electron chi connectivity index (χ0n) is 13.7. The van der Waals surface area contributed by atoms with Gasteiger partial charge in [0.2, 0.25) is 0 Å². The Labute approximate surface area is 157 Å². The molecular formula is C17H15BrN2O6. The third-order valence-electron chi connectivity index (χ3n) is 3.17. The van der Waals surface area contributed by atoms with E-state index in [1.54, 1.807) is 12.1 Å². The van der Waals surface area contributed by atoms with Crippen molar-refractivity contribution in [3.8, 4) is 5.75 Å². The summed E-state index contributed by atoms with van der Waals surface area (Å²) in [6, 6.07) is 11.0. The second-order valence-electron chi connectivity index (χ2n) is 5.21. The number of amides is 1. The van der Waals surface area contributed by atoms with Crippen molar-refractivity contribution in [1.82, 2.24) is 0 Å². The van der Waals surface area contributed by atoms with Crippen LogP contribution in [0.25, 0.3) is 0 Å². The highest BCUT2D eigenvalue weighted by atomic mass is 79.9. The lowest BCUT2D eigenvalue weighted by Crippen LogP contribution is -2.23. The quantitative estimate of drug-likeness (QED) is 0.416. The van der Waals surface area contributed by atoms with Crippen LogP contribution in [-0.2, 0) is 14.3 Å². The molecule has 9 heteroatoms. The summed E-state index contributed by atoms with van der Waals surface area (Å²) in [5, 5.41) is 13.5. The van der Waals surface area contributed by atoms with E-state index in [0.717, 1.165) is 5.56 Å². The maximum atomic E-state index is 11.8. The van der Waals surface area contributed by atoms with Gasteiger partial charge in [0.15, 0.2) is 19.0 Å². The van der Waals surface area contributed by atoms with Crippen LogP contribution in [0.5, 0.6) is 5.75 Å². The Balaban J connectivity index is 1.81. The first-order chi connectivity index (χ1) is 12.4. The Hall–Kier alpha value is -2.94. The second kappa shape index (κ2) is 8.95. The number of benzene rings is 2. The summed E-state index contributed by atoms with van der Waals surface area (Å²) in [5.74, 6) is -1.39. The lowest BCUT2D eigenvalue weighted by Gasteiger charge is -2.09. The number of carbonyl (C=O) groups is 2. The Morgan fingerprint density at radius 1 is 1.19 bits per heavy atom. The van der Waals surface area contributed by atoms with E-state index in [4.69, 9.17) is 9.47 Å². The number of esters is 1. The molecular weight excluding hydrogens is 408 g/mol. The molecule has 2 aromatic rings. The van der Waals surface area contributed by atoms with Gasteiger partial charge < -0.3 is 14.8 Å². The van der Waals surface area contributed by atoms with E-state index in [1.807, 2.05) is 19.1 Å². The van der Waals surface area contributed by atoms with Crippen LogP contribution in [0.2, 0.25) is 0 Å². The highest BCUT2D eigenvalue weighted by Crippen LogP contribution is 2.25. The molecule has 0 heterocycles. The number of aryl methyl sites for hydroxylation is 1. The summed E-state index contributed by atoms with van der Waals surface area (Å²) < 4.78 is 10.6. The SMILES string of the molecule is Cc1ccc(NC(=O)COC(=O)COc2ccccc2[N+](=O)[O-])c(Br)c1. The molecule has 0 aliphatic carbocycles. The molecule has 0 saturated carbocycles. The molecule has 1 N–H and O–H groups in total. The molecule has 0 unspecified atom stereocenters. The molecule has 0 fully saturated rings. The molecule has 0 bridgehead atoms. The molecule has 2 rings (SSSR count). The summed E-state index contributed by atoms with van der Waals surface area (Å²) in [4.78, 5) is 33.7. The minimum Gasteiger partial charge on any atom is -0.475 e. The second-order valence-corrected chi connectivity index (χ2v) is 6.06. The third-order valence-corrected chi connectivity index (χ3v) is 3.83. The lowest BCUT2D eigenvalue weighted by molar-refractivity contribution is -0.385. The largest absolute Gasteiger partial charge is 0.475 e. The van der Waals surface area contributed by atoms with Crippen LogP contribution in [-0.4, -0.2) is 30.0 Å². The number of nitro benzene ring substituents is 1. The molecule has 1 amide bonds. The first-order valence-electron chi connectivity index (χ1n) is 7.44. The molecule has 2 aromatic carbocycles. The zero-order valence-corrected chi connectivity index (χ0v) is 15.3. The van der Waals surface area contributed by atoms with Crippen molar-refractivity contribution in [3.05, 3.63) is 62.6 Å². The molecule has 26 heavy (non-hydrogen) atoms. The van der Waals surface area contributed by atoms with E-state index >= 15 is 0 Å². The molecule has 0 aromatic heterocycles. The van der Waals surface area contributed by atoms with E-state index in [0.29, 0.717) is 10.2 Å². The van der Waals surface area contributed by atoms with E-state index in [1.165, 1.54) is 18.2 Å². The first-order valence-corrected chi connectivity index (χ1v) is 8.24. The van der Waals surface area contributed by atoms with Gasteiger partial charge in [-0.3, -0.25) is 14.9 Å². The van der Waals surface area contributed by atoms with Crippen molar-refractivity contribution in [2.45, 2.75) is 6.92 Å². The summed E-state index contributed by atoms with van der Waals surface area (Å²) in [6.07, 6.45) is 0. The summed E-state index contributed by atoms with van der Waals surface area (Å²) in [5.41, 5.74) is 1.31. The number of rotatable bonds is 7. The molecule has 0 aliphatic rings. The fourth-order valence-electron chi connectivity index (χ4n) is 1.96. The average Bonchev–Trinajstić information content (AvgIpc) is 2.60. The standard InChI is InChI=1S/C17H15BrN2O6/c1-11-6-7-13(12(18)8-11)19-16(21)9-26-17(22)10-25-15-5-3-2-4-14(15)20(23)24/h2-8H,9-10H2,1H3,(H,19,21). The molecule has 0 aliphatic heterocycles. The average molecular weight is 423 g/mol. The molecule has 136 valence electrons. The van der Waals surface area contributed by atoms with E-state index in [2.05, 4.69) is 21.2 Å². The number of hydrogen-bond donors (Lipinski definition) is 1. The predicted molar refractivity (Wildman–Crippen MR) is 97.1 cm³/mol. The Morgan fingerprint density at radius 3 is 2.62 bits per heavy atom. The van der Waals surface area contributed by atoms with Crippen molar-refractivity contribution in [2.24, 2.45) is 0 Å². The molecule has 0 spiro atoms. The number of halogens is 1. The Kier molecular flexibility index (Phi) is 6.67. The smallest absolute Gasteiger partial charge is 0.344 e. The Morgan fingerprint density at radius 2 is 1.92 bits per heavy atom. The number of nitrogens with one attached hydrogen (secondary N) is 1. The van der Waals surface area contributed by atoms with Gasteiger partial charge in [0, 0.05) is 10.5 Å². The van der Waals surface area contributed by atoms with Crippen LogP contribution >= 0.6 is 15.9 Å². The van der Waals surface area contributed by atoms with Crippen molar-refractivity contribution in [3.63, 3.8) is 0 Å². The highest BCUT2D eigenvalue weighted by Gasteiger charge is 2.16.